The first kappa shape index (κ1) is 12.6. The lowest BCUT2D eigenvalue weighted by Crippen LogP contribution is -2.27. The fourth-order valence-electron chi connectivity index (χ4n) is 2.07. The highest BCUT2D eigenvalue weighted by Crippen LogP contribution is 2.31. The van der Waals surface area contributed by atoms with E-state index in [1.165, 1.54) is 5.56 Å². The molecule has 2 nitrogen and oxygen atoms in total. The molecule has 0 radical (unpaired) electrons. The van der Waals surface area contributed by atoms with E-state index in [-0.39, 0.29) is 6.04 Å². The summed E-state index contributed by atoms with van der Waals surface area (Å²) in [6.45, 7) is 1.69. The van der Waals surface area contributed by atoms with Crippen LogP contribution in [0.4, 0.5) is 0 Å². The monoisotopic (exact) mass is 347 g/mol. The standard InChI is InChI=1S/C12H15Br2NO/c13-10-2-1-9(7-11(10)14)12(15)8-3-5-16-6-4-8/h1-2,7-8,12H,3-6,15H2/t12-/m1/s1. The number of rotatable bonds is 2. The molecule has 0 unspecified atom stereocenters. The molecule has 2 rings (SSSR count). The van der Waals surface area contributed by atoms with Crippen LogP contribution in [0.2, 0.25) is 0 Å². The minimum atomic E-state index is 0.119. The van der Waals surface area contributed by atoms with Crippen LogP contribution in [-0.4, -0.2) is 13.2 Å². The van der Waals surface area contributed by atoms with Crippen LogP contribution in [0.25, 0.3) is 0 Å². The SMILES string of the molecule is N[C@@H](c1ccc(Br)c(Br)c1)C1CCOCC1. The summed E-state index contributed by atoms with van der Waals surface area (Å²) in [5.41, 5.74) is 7.49. The lowest BCUT2D eigenvalue weighted by atomic mass is 9.88. The molecule has 1 saturated heterocycles. The lowest BCUT2D eigenvalue weighted by molar-refractivity contribution is 0.0584. The first-order chi connectivity index (χ1) is 7.68. The Labute approximate surface area is 113 Å². The highest BCUT2D eigenvalue weighted by atomic mass is 79.9. The summed E-state index contributed by atoms with van der Waals surface area (Å²) < 4.78 is 7.48. The van der Waals surface area contributed by atoms with Crippen molar-refractivity contribution in [2.24, 2.45) is 11.7 Å². The van der Waals surface area contributed by atoms with Gasteiger partial charge in [0.05, 0.1) is 0 Å². The number of benzene rings is 1. The Morgan fingerprint density at radius 3 is 2.50 bits per heavy atom. The van der Waals surface area contributed by atoms with E-state index in [9.17, 15) is 0 Å². The summed E-state index contributed by atoms with van der Waals surface area (Å²) in [5, 5.41) is 0. The molecular formula is C12H15Br2NO. The Balaban J connectivity index is 2.12. The van der Waals surface area contributed by atoms with Crippen molar-refractivity contribution in [3.8, 4) is 0 Å². The largest absolute Gasteiger partial charge is 0.381 e. The molecule has 1 heterocycles. The Kier molecular flexibility index (Phi) is 4.41. The molecule has 2 N–H and O–H groups in total. The van der Waals surface area contributed by atoms with Gasteiger partial charge in [-0.1, -0.05) is 6.07 Å². The second-order valence-corrected chi connectivity index (χ2v) is 5.86. The molecule has 0 aromatic heterocycles. The van der Waals surface area contributed by atoms with Gasteiger partial charge < -0.3 is 10.5 Å². The zero-order valence-corrected chi connectivity index (χ0v) is 12.1. The van der Waals surface area contributed by atoms with Gasteiger partial charge in [0.15, 0.2) is 0 Å². The molecule has 0 aliphatic carbocycles. The second-order valence-electron chi connectivity index (χ2n) is 4.15. The van der Waals surface area contributed by atoms with Crippen LogP contribution in [0.15, 0.2) is 27.1 Å². The molecule has 1 atom stereocenters. The van der Waals surface area contributed by atoms with Crippen molar-refractivity contribution in [1.82, 2.24) is 0 Å². The molecule has 1 aliphatic heterocycles. The van der Waals surface area contributed by atoms with Crippen molar-refractivity contribution in [2.75, 3.05) is 13.2 Å². The molecule has 1 fully saturated rings. The quantitative estimate of drug-likeness (QED) is 0.885. The number of hydrogen-bond acceptors (Lipinski definition) is 2. The van der Waals surface area contributed by atoms with Crippen LogP contribution < -0.4 is 5.73 Å². The van der Waals surface area contributed by atoms with Gasteiger partial charge in [0.2, 0.25) is 0 Å². The second kappa shape index (κ2) is 5.63. The number of nitrogens with two attached hydrogens (primary N) is 1. The maximum absolute atomic E-state index is 6.30. The summed E-state index contributed by atoms with van der Waals surface area (Å²) in [7, 11) is 0. The number of ether oxygens (including phenoxy) is 1. The molecule has 0 saturated carbocycles. The maximum atomic E-state index is 6.30. The van der Waals surface area contributed by atoms with Crippen LogP contribution in [0.1, 0.15) is 24.4 Å². The third-order valence-electron chi connectivity index (χ3n) is 3.10. The van der Waals surface area contributed by atoms with Crippen LogP contribution in [0.3, 0.4) is 0 Å². The summed E-state index contributed by atoms with van der Waals surface area (Å²) >= 11 is 6.98. The minimum absolute atomic E-state index is 0.119. The van der Waals surface area contributed by atoms with Gasteiger partial charge in [-0.15, -0.1) is 0 Å². The van der Waals surface area contributed by atoms with E-state index >= 15 is 0 Å². The summed E-state index contributed by atoms with van der Waals surface area (Å²) in [6, 6.07) is 6.35. The van der Waals surface area contributed by atoms with E-state index in [4.69, 9.17) is 10.5 Å². The summed E-state index contributed by atoms with van der Waals surface area (Å²) in [6.07, 6.45) is 2.13. The van der Waals surface area contributed by atoms with E-state index < -0.39 is 0 Å². The van der Waals surface area contributed by atoms with Gasteiger partial charge in [0.1, 0.15) is 0 Å². The van der Waals surface area contributed by atoms with Gasteiger partial charge in [-0.3, -0.25) is 0 Å². The molecule has 4 heteroatoms. The number of hydrogen-bond donors (Lipinski definition) is 1. The molecule has 0 bridgehead atoms. The van der Waals surface area contributed by atoms with Crippen LogP contribution in [0.5, 0.6) is 0 Å². The van der Waals surface area contributed by atoms with Gasteiger partial charge in [-0.05, 0) is 68.3 Å². The Morgan fingerprint density at radius 2 is 1.88 bits per heavy atom. The van der Waals surface area contributed by atoms with Gasteiger partial charge in [0.25, 0.3) is 0 Å². The zero-order valence-electron chi connectivity index (χ0n) is 8.96. The predicted molar refractivity (Wildman–Crippen MR) is 72.3 cm³/mol. The van der Waals surface area contributed by atoms with Crippen LogP contribution in [-0.2, 0) is 4.74 Å². The fourth-order valence-corrected chi connectivity index (χ4v) is 2.71. The van der Waals surface area contributed by atoms with Gasteiger partial charge in [0, 0.05) is 28.2 Å². The minimum Gasteiger partial charge on any atom is -0.381 e. The fraction of sp³-hybridized carbons (Fsp3) is 0.500. The number of halogens is 2. The van der Waals surface area contributed by atoms with Crippen molar-refractivity contribution < 1.29 is 4.74 Å². The van der Waals surface area contributed by atoms with Crippen molar-refractivity contribution in [3.63, 3.8) is 0 Å². The third kappa shape index (κ3) is 2.86. The molecule has 0 amide bonds. The molecule has 1 aromatic carbocycles. The smallest absolute Gasteiger partial charge is 0.0469 e. The maximum Gasteiger partial charge on any atom is 0.0469 e. The van der Waals surface area contributed by atoms with Crippen molar-refractivity contribution in [1.29, 1.82) is 0 Å². The van der Waals surface area contributed by atoms with Gasteiger partial charge in [-0.25, -0.2) is 0 Å². The highest BCUT2D eigenvalue weighted by Gasteiger charge is 2.22. The third-order valence-corrected chi connectivity index (χ3v) is 4.98. The summed E-state index contributed by atoms with van der Waals surface area (Å²) in [4.78, 5) is 0. The zero-order chi connectivity index (χ0) is 11.5. The van der Waals surface area contributed by atoms with E-state index in [0.29, 0.717) is 5.92 Å². The van der Waals surface area contributed by atoms with Crippen molar-refractivity contribution in [3.05, 3.63) is 32.7 Å². The van der Waals surface area contributed by atoms with Crippen molar-refractivity contribution in [2.45, 2.75) is 18.9 Å². The average Bonchev–Trinajstić information content (AvgIpc) is 2.33. The predicted octanol–water partition coefficient (Wildman–Crippen LogP) is 3.64. The highest BCUT2D eigenvalue weighted by molar-refractivity contribution is 9.13. The Hall–Kier alpha value is 0.1000. The lowest BCUT2D eigenvalue weighted by Gasteiger charge is -2.28. The Bertz CT molecular complexity index is 364. The molecule has 1 aliphatic rings. The molecular weight excluding hydrogens is 334 g/mol. The van der Waals surface area contributed by atoms with Gasteiger partial charge in [-0.2, -0.15) is 0 Å². The van der Waals surface area contributed by atoms with Gasteiger partial charge >= 0.3 is 0 Å². The van der Waals surface area contributed by atoms with Crippen molar-refractivity contribution >= 4 is 31.9 Å². The van der Waals surface area contributed by atoms with E-state index in [2.05, 4.69) is 44.0 Å². The normalized spacial score (nSPS) is 19.7. The van der Waals surface area contributed by atoms with Crippen LogP contribution in [0, 0.1) is 5.92 Å². The molecule has 88 valence electrons. The van der Waals surface area contributed by atoms with E-state index in [1.807, 2.05) is 6.07 Å². The molecule has 0 spiro atoms. The molecule has 1 aromatic rings. The Morgan fingerprint density at radius 1 is 1.19 bits per heavy atom. The van der Waals surface area contributed by atoms with Crippen LogP contribution >= 0.6 is 31.9 Å². The molecule has 16 heavy (non-hydrogen) atoms. The first-order valence-corrected chi connectivity index (χ1v) is 7.05. The first-order valence-electron chi connectivity index (χ1n) is 5.47. The average molecular weight is 349 g/mol. The van der Waals surface area contributed by atoms with E-state index in [0.717, 1.165) is 35.0 Å². The summed E-state index contributed by atoms with van der Waals surface area (Å²) in [5.74, 6) is 0.543. The van der Waals surface area contributed by atoms with E-state index in [1.54, 1.807) is 0 Å². The topological polar surface area (TPSA) is 35.2 Å².